The van der Waals surface area contributed by atoms with Gasteiger partial charge in [-0.2, -0.15) is 0 Å². The van der Waals surface area contributed by atoms with E-state index in [1.807, 2.05) is 0 Å². The van der Waals surface area contributed by atoms with Crippen molar-refractivity contribution in [1.29, 1.82) is 0 Å². The highest BCUT2D eigenvalue weighted by molar-refractivity contribution is 5.82. The third-order valence-electron chi connectivity index (χ3n) is 2.16. The monoisotopic (exact) mass is 196 g/mol. The molecule has 2 atom stereocenters. The molecule has 0 spiro atoms. The van der Waals surface area contributed by atoms with E-state index in [2.05, 4.69) is 20.8 Å². The van der Waals surface area contributed by atoms with Gasteiger partial charge in [-0.25, -0.2) is 0 Å². The number of amides is 1. The minimum atomic E-state index is -0.221. The van der Waals surface area contributed by atoms with Crippen molar-refractivity contribution in [3.63, 3.8) is 0 Å². The Labute approximate surface area is 81.1 Å². The van der Waals surface area contributed by atoms with Crippen molar-refractivity contribution in [2.45, 2.75) is 25.9 Å². The van der Waals surface area contributed by atoms with E-state index in [1.165, 1.54) is 0 Å². The van der Waals surface area contributed by atoms with Gasteiger partial charge in [0.15, 0.2) is 0 Å². The standard InChI is InChI=1S/C8H12N4O2/c1-4-7(13)9-3-6(10-4)8-12-11-5(2)14-8/h4,6,10H,3H2,1-2H3,(H,9,13). The molecule has 2 N–H and O–H groups in total. The van der Waals surface area contributed by atoms with Gasteiger partial charge in [-0.05, 0) is 6.92 Å². The lowest BCUT2D eigenvalue weighted by atomic mass is 10.1. The van der Waals surface area contributed by atoms with Crippen LogP contribution in [0.1, 0.15) is 24.7 Å². The molecule has 1 aromatic rings. The molecule has 2 heterocycles. The van der Waals surface area contributed by atoms with Crippen molar-refractivity contribution in [2.75, 3.05) is 6.54 Å². The topological polar surface area (TPSA) is 80.0 Å². The summed E-state index contributed by atoms with van der Waals surface area (Å²) in [6.07, 6.45) is 0. The molecule has 1 aromatic heterocycles. The fraction of sp³-hybridized carbons (Fsp3) is 0.625. The van der Waals surface area contributed by atoms with Crippen molar-refractivity contribution >= 4 is 5.91 Å². The number of piperazine rings is 1. The van der Waals surface area contributed by atoms with Crippen LogP contribution in [0.3, 0.4) is 0 Å². The molecule has 6 nitrogen and oxygen atoms in total. The van der Waals surface area contributed by atoms with E-state index in [0.717, 1.165) is 0 Å². The molecule has 1 aliphatic rings. The summed E-state index contributed by atoms with van der Waals surface area (Å²) in [7, 11) is 0. The maximum atomic E-state index is 11.1. The molecule has 1 fully saturated rings. The van der Waals surface area contributed by atoms with Gasteiger partial charge in [-0.1, -0.05) is 0 Å². The van der Waals surface area contributed by atoms with Crippen LogP contribution in [-0.4, -0.2) is 28.7 Å². The maximum Gasteiger partial charge on any atom is 0.236 e. The van der Waals surface area contributed by atoms with Crippen LogP contribution in [0.15, 0.2) is 4.42 Å². The quantitative estimate of drug-likeness (QED) is 0.634. The van der Waals surface area contributed by atoms with E-state index in [-0.39, 0.29) is 18.0 Å². The Morgan fingerprint density at radius 1 is 1.50 bits per heavy atom. The molecule has 1 aliphatic heterocycles. The van der Waals surface area contributed by atoms with Crippen molar-refractivity contribution in [1.82, 2.24) is 20.8 Å². The van der Waals surface area contributed by atoms with Crippen molar-refractivity contribution in [3.05, 3.63) is 11.8 Å². The van der Waals surface area contributed by atoms with Crippen LogP contribution in [0.25, 0.3) is 0 Å². The van der Waals surface area contributed by atoms with Gasteiger partial charge in [-0.15, -0.1) is 10.2 Å². The Balaban J connectivity index is 2.10. The lowest BCUT2D eigenvalue weighted by molar-refractivity contribution is -0.124. The van der Waals surface area contributed by atoms with E-state index in [9.17, 15) is 4.79 Å². The van der Waals surface area contributed by atoms with E-state index < -0.39 is 0 Å². The highest BCUT2D eigenvalue weighted by Crippen LogP contribution is 2.13. The SMILES string of the molecule is Cc1nnc(C2CNC(=O)C(C)N2)o1. The average molecular weight is 196 g/mol. The molecule has 1 saturated heterocycles. The van der Waals surface area contributed by atoms with E-state index in [0.29, 0.717) is 18.3 Å². The second kappa shape index (κ2) is 3.38. The number of nitrogens with zero attached hydrogens (tertiary/aromatic N) is 2. The molecule has 76 valence electrons. The molecule has 0 bridgehead atoms. The largest absolute Gasteiger partial charge is 0.424 e. The molecular weight excluding hydrogens is 184 g/mol. The van der Waals surface area contributed by atoms with Crippen molar-refractivity contribution in [3.8, 4) is 0 Å². The van der Waals surface area contributed by atoms with Crippen LogP contribution in [0, 0.1) is 6.92 Å². The number of nitrogens with one attached hydrogen (secondary N) is 2. The maximum absolute atomic E-state index is 11.1. The second-order valence-corrected chi connectivity index (χ2v) is 3.35. The predicted octanol–water partition coefficient (Wildman–Crippen LogP) is -0.473. The fourth-order valence-corrected chi connectivity index (χ4v) is 1.40. The predicted molar refractivity (Wildman–Crippen MR) is 47.4 cm³/mol. The van der Waals surface area contributed by atoms with Crippen LogP contribution < -0.4 is 10.6 Å². The van der Waals surface area contributed by atoms with Crippen LogP contribution in [0.2, 0.25) is 0 Å². The van der Waals surface area contributed by atoms with Gasteiger partial charge >= 0.3 is 0 Å². The molecule has 1 amide bonds. The number of rotatable bonds is 1. The van der Waals surface area contributed by atoms with Crippen LogP contribution in [0.4, 0.5) is 0 Å². The lowest BCUT2D eigenvalue weighted by Crippen LogP contribution is -2.53. The Kier molecular flexibility index (Phi) is 2.20. The summed E-state index contributed by atoms with van der Waals surface area (Å²) in [5.74, 6) is 1.05. The van der Waals surface area contributed by atoms with Gasteiger partial charge < -0.3 is 9.73 Å². The summed E-state index contributed by atoms with van der Waals surface area (Å²) in [5.41, 5.74) is 0. The first kappa shape index (κ1) is 9.14. The average Bonchev–Trinajstić information content (AvgIpc) is 2.57. The van der Waals surface area contributed by atoms with E-state index in [1.54, 1.807) is 13.8 Å². The van der Waals surface area contributed by atoms with Crippen molar-refractivity contribution in [2.24, 2.45) is 0 Å². The lowest BCUT2D eigenvalue weighted by Gasteiger charge is -2.26. The summed E-state index contributed by atoms with van der Waals surface area (Å²) >= 11 is 0. The minimum absolute atomic E-state index is 0.00233. The van der Waals surface area contributed by atoms with Gasteiger partial charge in [0, 0.05) is 13.5 Å². The Bertz CT molecular complexity index is 349. The number of carbonyl (C=O) groups is 1. The third-order valence-corrected chi connectivity index (χ3v) is 2.16. The third kappa shape index (κ3) is 1.60. The highest BCUT2D eigenvalue weighted by atomic mass is 16.4. The van der Waals surface area contributed by atoms with E-state index >= 15 is 0 Å². The zero-order valence-corrected chi connectivity index (χ0v) is 8.07. The summed E-state index contributed by atoms with van der Waals surface area (Å²) in [4.78, 5) is 11.1. The van der Waals surface area contributed by atoms with Gasteiger partial charge in [0.1, 0.15) is 6.04 Å². The summed E-state index contributed by atoms with van der Waals surface area (Å²) in [6.45, 7) is 4.02. The number of hydrogen-bond donors (Lipinski definition) is 2. The first-order valence-electron chi connectivity index (χ1n) is 4.50. The number of carbonyl (C=O) groups excluding carboxylic acids is 1. The van der Waals surface area contributed by atoms with Crippen LogP contribution in [-0.2, 0) is 4.79 Å². The molecule has 0 radical (unpaired) electrons. The zero-order chi connectivity index (χ0) is 10.1. The van der Waals surface area contributed by atoms with Crippen molar-refractivity contribution < 1.29 is 9.21 Å². The van der Waals surface area contributed by atoms with Gasteiger partial charge in [0.2, 0.25) is 17.7 Å². The summed E-state index contributed by atoms with van der Waals surface area (Å²) in [5, 5.41) is 13.5. The number of aromatic nitrogens is 2. The van der Waals surface area contributed by atoms with E-state index in [4.69, 9.17) is 4.42 Å². The normalized spacial score (nSPS) is 27.4. The number of hydrogen-bond acceptors (Lipinski definition) is 5. The Morgan fingerprint density at radius 3 is 2.86 bits per heavy atom. The fourth-order valence-electron chi connectivity index (χ4n) is 1.40. The zero-order valence-electron chi connectivity index (χ0n) is 8.07. The summed E-state index contributed by atoms with van der Waals surface area (Å²) in [6, 6.07) is -0.301. The first-order chi connectivity index (χ1) is 6.66. The van der Waals surface area contributed by atoms with Gasteiger partial charge in [-0.3, -0.25) is 10.1 Å². The molecule has 0 saturated carbocycles. The van der Waals surface area contributed by atoms with Crippen LogP contribution in [0.5, 0.6) is 0 Å². The van der Waals surface area contributed by atoms with Crippen LogP contribution >= 0.6 is 0 Å². The smallest absolute Gasteiger partial charge is 0.236 e. The Morgan fingerprint density at radius 2 is 2.29 bits per heavy atom. The molecule has 6 heteroatoms. The molecule has 2 rings (SSSR count). The molecule has 0 aromatic carbocycles. The molecule has 2 unspecified atom stereocenters. The molecule has 0 aliphatic carbocycles. The van der Waals surface area contributed by atoms with Gasteiger partial charge in [0.05, 0.1) is 6.04 Å². The minimum Gasteiger partial charge on any atom is -0.424 e. The molecule has 14 heavy (non-hydrogen) atoms. The first-order valence-corrected chi connectivity index (χ1v) is 4.50. The number of aryl methyl sites for hydroxylation is 1. The van der Waals surface area contributed by atoms with Gasteiger partial charge in [0.25, 0.3) is 0 Å². The highest BCUT2D eigenvalue weighted by Gasteiger charge is 2.28. The summed E-state index contributed by atoms with van der Waals surface area (Å²) < 4.78 is 5.27. The molecular formula is C8H12N4O2. The Hall–Kier alpha value is -1.43. The second-order valence-electron chi connectivity index (χ2n) is 3.35.